The van der Waals surface area contributed by atoms with Gasteiger partial charge in [-0.1, -0.05) is 25.8 Å². The van der Waals surface area contributed by atoms with Gasteiger partial charge in [-0.15, -0.1) is 5.10 Å². The third kappa shape index (κ3) is 4.29. The van der Waals surface area contributed by atoms with Gasteiger partial charge in [0.2, 0.25) is 0 Å². The van der Waals surface area contributed by atoms with Crippen LogP contribution in [0.25, 0.3) is 10.9 Å². The number of fused-ring (bicyclic) bond motifs is 1. The van der Waals surface area contributed by atoms with E-state index < -0.39 is 0 Å². The maximum absolute atomic E-state index is 13.2. The highest BCUT2D eigenvalue weighted by molar-refractivity contribution is 5.80. The zero-order valence-electron chi connectivity index (χ0n) is 17.8. The van der Waals surface area contributed by atoms with Crippen molar-refractivity contribution in [2.75, 3.05) is 26.8 Å². The third-order valence-corrected chi connectivity index (χ3v) is 5.96. The molecular weight excluding hydrogens is 380 g/mol. The normalized spacial score (nSPS) is 16.6. The van der Waals surface area contributed by atoms with E-state index in [4.69, 9.17) is 4.74 Å². The number of aromatic nitrogens is 5. The van der Waals surface area contributed by atoms with Crippen molar-refractivity contribution >= 4 is 10.9 Å². The van der Waals surface area contributed by atoms with Crippen molar-refractivity contribution in [3.8, 4) is 0 Å². The molecule has 0 spiro atoms. The van der Waals surface area contributed by atoms with Crippen LogP contribution >= 0.6 is 0 Å². The molecule has 1 saturated heterocycles. The SMILES string of the molecule is CCc1ccc2[nH]c(=O)c([C@@H](c3nnnn3CCOC)N3CCCCCC3)cc2c1. The van der Waals surface area contributed by atoms with Crippen LogP contribution in [0.4, 0.5) is 0 Å². The van der Waals surface area contributed by atoms with Gasteiger partial charge in [0.15, 0.2) is 5.82 Å². The van der Waals surface area contributed by atoms with Gasteiger partial charge in [0, 0.05) is 18.2 Å². The lowest BCUT2D eigenvalue weighted by Crippen LogP contribution is -2.36. The number of hydrogen-bond acceptors (Lipinski definition) is 6. The molecule has 30 heavy (non-hydrogen) atoms. The van der Waals surface area contributed by atoms with E-state index in [0.717, 1.165) is 43.3 Å². The van der Waals surface area contributed by atoms with Crippen LogP contribution in [0.15, 0.2) is 29.1 Å². The maximum Gasteiger partial charge on any atom is 0.253 e. The molecule has 1 aromatic carbocycles. The van der Waals surface area contributed by atoms with E-state index in [1.165, 1.54) is 18.4 Å². The molecule has 160 valence electrons. The van der Waals surface area contributed by atoms with E-state index in [-0.39, 0.29) is 11.6 Å². The summed E-state index contributed by atoms with van der Waals surface area (Å²) in [5.41, 5.74) is 2.72. The zero-order valence-corrected chi connectivity index (χ0v) is 17.8. The molecule has 1 aliphatic heterocycles. The van der Waals surface area contributed by atoms with Crippen molar-refractivity contribution in [3.05, 3.63) is 51.6 Å². The zero-order chi connectivity index (χ0) is 20.9. The molecule has 1 atom stereocenters. The first kappa shape index (κ1) is 20.7. The molecule has 3 aromatic rings. The number of methoxy groups -OCH3 is 1. The Balaban J connectivity index is 1.84. The van der Waals surface area contributed by atoms with Gasteiger partial charge in [0.1, 0.15) is 6.04 Å². The Hall–Kier alpha value is -2.58. The van der Waals surface area contributed by atoms with Crippen molar-refractivity contribution < 1.29 is 4.74 Å². The molecule has 2 aromatic heterocycles. The van der Waals surface area contributed by atoms with Crippen molar-refractivity contribution in [2.45, 2.75) is 51.6 Å². The minimum atomic E-state index is -0.284. The third-order valence-electron chi connectivity index (χ3n) is 5.96. The summed E-state index contributed by atoms with van der Waals surface area (Å²) in [6.45, 7) is 5.05. The number of likely N-dealkylation sites (tertiary alicyclic amines) is 1. The van der Waals surface area contributed by atoms with E-state index in [1.807, 2.05) is 12.1 Å². The molecule has 1 aliphatic rings. The molecule has 0 bridgehead atoms. The fourth-order valence-electron chi connectivity index (χ4n) is 4.29. The van der Waals surface area contributed by atoms with Crippen LogP contribution in [0.5, 0.6) is 0 Å². The summed E-state index contributed by atoms with van der Waals surface area (Å²) in [5, 5.41) is 13.5. The van der Waals surface area contributed by atoms with Gasteiger partial charge in [0.25, 0.3) is 5.56 Å². The predicted molar refractivity (Wildman–Crippen MR) is 116 cm³/mol. The summed E-state index contributed by atoms with van der Waals surface area (Å²) in [6.07, 6.45) is 5.61. The van der Waals surface area contributed by atoms with E-state index in [9.17, 15) is 4.79 Å². The van der Waals surface area contributed by atoms with Crippen LogP contribution in [0.3, 0.4) is 0 Å². The number of rotatable bonds is 7. The van der Waals surface area contributed by atoms with E-state index >= 15 is 0 Å². The molecule has 0 radical (unpaired) electrons. The Kier molecular flexibility index (Phi) is 6.54. The summed E-state index contributed by atoms with van der Waals surface area (Å²) in [7, 11) is 1.66. The molecule has 4 rings (SSSR count). The quantitative estimate of drug-likeness (QED) is 0.644. The molecule has 8 nitrogen and oxygen atoms in total. The van der Waals surface area contributed by atoms with Crippen LogP contribution in [0.1, 0.15) is 55.6 Å². The topological polar surface area (TPSA) is 88.9 Å². The first-order valence-corrected chi connectivity index (χ1v) is 10.9. The average molecular weight is 411 g/mol. The van der Waals surface area contributed by atoms with Gasteiger partial charge < -0.3 is 9.72 Å². The summed E-state index contributed by atoms with van der Waals surface area (Å²) in [5.74, 6) is 0.699. The van der Waals surface area contributed by atoms with Gasteiger partial charge in [0.05, 0.1) is 13.2 Å². The number of pyridine rings is 1. The Labute approximate surface area is 176 Å². The minimum Gasteiger partial charge on any atom is -0.383 e. The molecular formula is C22H30N6O2. The number of ether oxygens (including phenoxy) is 1. The average Bonchev–Trinajstić information content (AvgIpc) is 3.05. The lowest BCUT2D eigenvalue weighted by Gasteiger charge is -2.29. The van der Waals surface area contributed by atoms with E-state index in [2.05, 4.69) is 44.5 Å². The van der Waals surface area contributed by atoms with Gasteiger partial charge in [-0.2, -0.15) is 0 Å². The highest BCUT2D eigenvalue weighted by Gasteiger charge is 2.30. The number of nitrogens with one attached hydrogen (secondary N) is 1. The van der Waals surface area contributed by atoms with Crippen LogP contribution in [0, 0.1) is 0 Å². The Morgan fingerprint density at radius 3 is 2.70 bits per heavy atom. The number of aromatic amines is 1. The Morgan fingerprint density at radius 1 is 1.17 bits per heavy atom. The Bertz CT molecular complexity index is 1040. The van der Waals surface area contributed by atoms with Gasteiger partial charge in [-0.3, -0.25) is 9.69 Å². The van der Waals surface area contributed by atoms with Crippen molar-refractivity contribution in [1.29, 1.82) is 0 Å². The van der Waals surface area contributed by atoms with Crippen molar-refractivity contribution in [3.63, 3.8) is 0 Å². The van der Waals surface area contributed by atoms with Crippen LogP contribution < -0.4 is 5.56 Å². The lowest BCUT2D eigenvalue weighted by atomic mass is 10.0. The number of nitrogens with zero attached hydrogens (tertiary/aromatic N) is 5. The second-order valence-corrected chi connectivity index (χ2v) is 7.93. The molecule has 1 fully saturated rings. The van der Waals surface area contributed by atoms with Gasteiger partial charge in [-0.05, 0) is 71.9 Å². The number of aryl methyl sites for hydroxylation is 1. The molecule has 1 N–H and O–H groups in total. The Morgan fingerprint density at radius 2 is 1.97 bits per heavy atom. The fraction of sp³-hybridized carbons (Fsp3) is 0.545. The van der Waals surface area contributed by atoms with Gasteiger partial charge >= 0.3 is 0 Å². The van der Waals surface area contributed by atoms with E-state index in [0.29, 0.717) is 24.5 Å². The number of hydrogen-bond donors (Lipinski definition) is 1. The second-order valence-electron chi connectivity index (χ2n) is 7.93. The number of tetrazole rings is 1. The standard InChI is InChI=1S/C22H30N6O2/c1-3-16-8-9-19-17(14-16)15-18(22(29)23-19)20(27-10-6-4-5-7-11-27)21-24-25-26-28(21)12-13-30-2/h8-9,14-15,20H,3-7,10-13H2,1-2H3,(H,23,29)/t20-/m0/s1. The number of benzene rings is 1. The first-order valence-electron chi connectivity index (χ1n) is 10.9. The van der Waals surface area contributed by atoms with E-state index in [1.54, 1.807) is 11.8 Å². The van der Waals surface area contributed by atoms with Crippen LogP contribution in [-0.2, 0) is 17.7 Å². The molecule has 0 saturated carbocycles. The molecule has 0 amide bonds. The molecule has 0 unspecified atom stereocenters. The van der Waals surface area contributed by atoms with Crippen LogP contribution in [-0.4, -0.2) is 56.9 Å². The highest BCUT2D eigenvalue weighted by atomic mass is 16.5. The number of H-pyrrole nitrogens is 1. The predicted octanol–water partition coefficient (Wildman–Crippen LogP) is 2.69. The van der Waals surface area contributed by atoms with Crippen molar-refractivity contribution in [1.82, 2.24) is 30.1 Å². The monoisotopic (exact) mass is 410 g/mol. The summed E-state index contributed by atoms with van der Waals surface area (Å²) >= 11 is 0. The lowest BCUT2D eigenvalue weighted by molar-refractivity contribution is 0.175. The van der Waals surface area contributed by atoms with Gasteiger partial charge in [-0.25, -0.2) is 4.68 Å². The summed E-state index contributed by atoms with van der Waals surface area (Å²) < 4.78 is 7.00. The second kappa shape index (κ2) is 9.49. The van der Waals surface area contributed by atoms with Crippen molar-refractivity contribution in [2.24, 2.45) is 0 Å². The fourth-order valence-corrected chi connectivity index (χ4v) is 4.29. The highest BCUT2D eigenvalue weighted by Crippen LogP contribution is 2.29. The largest absolute Gasteiger partial charge is 0.383 e. The summed E-state index contributed by atoms with van der Waals surface area (Å²) in [4.78, 5) is 18.6. The molecule has 8 heteroatoms. The van der Waals surface area contributed by atoms with Crippen LogP contribution in [0.2, 0.25) is 0 Å². The molecule has 3 heterocycles. The first-order chi connectivity index (χ1) is 14.7. The maximum atomic E-state index is 13.2. The smallest absolute Gasteiger partial charge is 0.253 e. The minimum absolute atomic E-state index is 0.0812. The summed E-state index contributed by atoms with van der Waals surface area (Å²) in [6, 6.07) is 7.95. The molecule has 0 aliphatic carbocycles.